The van der Waals surface area contributed by atoms with E-state index in [1.165, 1.54) is 17.0 Å². The molecule has 0 aliphatic heterocycles. The molecule has 0 unspecified atom stereocenters. The van der Waals surface area contributed by atoms with Gasteiger partial charge in [0.25, 0.3) is 5.24 Å². The summed E-state index contributed by atoms with van der Waals surface area (Å²) in [4.78, 5) is 30.6. The van der Waals surface area contributed by atoms with Crippen LogP contribution in [-0.4, -0.2) is 35.1 Å². The Hall–Kier alpha value is -3.13. The van der Waals surface area contributed by atoms with E-state index in [1.54, 1.807) is 50.6 Å². The quantitative estimate of drug-likeness (QED) is 0.586. The molecule has 0 atom stereocenters. The summed E-state index contributed by atoms with van der Waals surface area (Å²) in [6.45, 7) is 0. The van der Waals surface area contributed by atoms with E-state index in [0.29, 0.717) is 34.2 Å². The SMILES string of the molecule is CN(C)C(=O)Sc1ccccc1NC(=O)CCc1ncc(-c2ccc(F)cc2)o1. The molecule has 1 heterocycles. The molecule has 6 nitrogen and oxygen atoms in total. The van der Waals surface area contributed by atoms with Crippen LogP contribution in [0.5, 0.6) is 0 Å². The number of carbonyl (C=O) groups is 2. The molecule has 0 saturated carbocycles. The number of nitrogens with one attached hydrogen (secondary N) is 1. The van der Waals surface area contributed by atoms with Crippen LogP contribution >= 0.6 is 11.8 Å². The Balaban J connectivity index is 1.58. The molecule has 3 aromatic rings. The first-order valence-electron chi connectivity index (χ1n) is 8.91. The van der Waals surface area contributed by atoms with Crippen molar-refractivity contribution >= 4 is 28.6 Å². The third kappa shape index (κ3) is 5.68. The summed E-state index contributed by atoms with van der Waals surface area (Å²) in [6, 6.07) is 13.0. The van der Waals surface area contributed by atoms with Gasteiger partial charge in [0.2, 0.25) is 5.91 Å². The van der Waals surface area contributed by atoms with Gasteiger partial charge in [0.05, 0.1) is 11.9 Å². The molecule has 0 fully saturated rings. The van der Waals surface area contributed by atoms with Gasteiger partial charge in [0.1, 0.15) is 5.82 Å². The van der Waals surface area contributed by atoms with Crippen molar-refractivity contribution in [3.63, 3.8) is 0 Å². The van der Waals surface area contributed by atoms with Crippen molar-refractivity contribution in [2.45, 2.75) is 17.7 Å². The van der Waals surface area contributed by atoms with E-state index in [2.05, 4.69) is 10.3 Å². The minimum atomic E-state index is -0.323. The molecule has 8 heteroatoms. The van der Waals surface area contributed by atoms with Crippen LogP contribution in [0.25, 0.3) is 11.3 Å². The van der Waals surface area contributed by atoms with Crippen LogP contribution in [0.1, 0.15) is 12.3 Å². The number of aryl methyl sites for hydroxylation is 1. The predicted octanol–water partition coefficient (Wildman–Crippen LogP) is 4.83. The molecule has 0 spiro atoms. The number of thioether (sulfide) groups is 1. The Kier molecular flexibility index (Phi) is 6.66. The van der Waals surface area contributed by atoms with Gasteiger partial charge in [0, 0.05) is 37.4 Å². The second-order valence-electron chi connectivity index (χ2n) is 6.43. The Morgan fingerprint density at radius 1 is 1.14 bits per heavy atom. The Morgan fingerprint density at radius 3 is 2.59 bits per heavy atom. The fraction of sp³-hybridized carbons (Fsp3) is 0.190. The largest absolute Gasteiger partial charge is 0.441 e. The van der Waals surface area contributed by atoms with Gasteiger partial charge in [-0.15, -0.1) is 0 Å². The number of hydrogen-bond donors (Lipinski definition) is 1. The highest BCUT2D eigenvalue weighted by Gasteiger charge is 2.14. The normalized spacial score (nSPS) is 10.6. The van der Waals surface area contributed by atoms with Gasteiger partial charge in [-0.05, 0) is 48.2 Å². The van der Waals surface area contributed by atoms with Gasteiger partial charge in [-0.1, -0.05) is 12.1 Å². The van der Waals surface area contributed by atoms with Crippen molar-refractivity contribution in [1.82, 2.24) is 9.88 Å². The molecular formula is C21H20FN3O3S. The van der Waals surface area contributed by atoms with Gasteiger partial charge in [-0.2, -0.15) is 0 Å². The van der Waals surface area contributed by atoms with Crippen LogP contribution in [0.3, 0.4) is 0 Å². The lowest BCUT2D eigenvalue weighted by Crippen LogP contribution is -2.17. The number of nitrogens with zero attached hydrogens (tertiary/aromatic N) is 2. The molecule has 0 aliphatic rings. The Labute approximate surface area is 172 Å². The number of rotatable bonds is 6. The molecule has 150 valence electrons. The molecular weight excluding hydrogens is 393 g/mol. The number of oxazole rings is 1. The average Bonchev–Trinajstić information content (AvgIpc) is 3.17. The van der Waals surface area contributed by atoms with Crippen LogP contribution in [0.2, 0.25) is 0 Å². The number of para-hydroxylation sites is 1. The van der Waals surface area contributed by atoms with E-state index in [4.69, 9.17) is 4.42 Å². The molecule has 1 N–H and O–H groups in total. The van der Waals surface area contributed by atoms with Crippen molar-refractivity contribution in [1.29, 1.82) is 0 Å². The number of carbonyl (C=O) groups excluding carboxylic acids is 2. The third-order valence-corrected chi connectivity index (χ3v) is 5.09. The second kappa shape index (κ2) is 9.38. The molecule has 2 amide bonds. The molecule has 2 aromatic carbocycles. The summed E-state index contributed by atoms with van der Waals surface area (Å²) in [6.07, 6.45) is 2.04. The number of halogens is 1. The lowest BCUT2D eigenvalue weighted by molar-refractivity contribution is -0.116. The van der Waals surface area contributed by atoms with Crippen LogP contribution in [0, 0.1) is 5.82 Å². The monoisotopic (exact) mass is 413 g/mol. The van der Waals surface area contributed by atoms with E-state index in [1.807, 2.05) is 6.07 Å². The van der Waals surface area contributed by atoms with Gasteiger partial charge < -0.3 is 14.6 Å². The van der Waals surface area contributed by atoms with Gasteiger partial charge >= 0.3 is 0 Å². The average molecular weight is 413 g/mol. The topological polar surface area (TPSA) is 75.4 Å². The van der Waals surface area contributed by atoms with Crippen LogP contribution in [0.4, 0.5) is 14.9 Å². The minimum absolute atomic E-state index is 0.125. The van der Waals surface area contributed by atoms with Crippen molar-refractivity contribution in [3.8, 4) is 11.3 Å². The Morgan fingerprint density at radius 2 is 1.86 bits per heavy atom. The van der Waals surface area contributed by atoms with Crippen molar-refractivity contribution in [3.05, 3.63) is 66.4 Å². The number of hydrogen-bond acceptors (Lipinski definition) is 5. The molecule has 0 radical (unpaired) electrons. The van der Waals surface area contributed by atoms with Gasteiger partial charge in [-0.3, -0.25) is 9.59 Å². The van der Waals surface area contributed by atoms with Crippen molar-refractivity contribution < 1.29 is 18.4 Å². The van der Waals surface area contributed by atoms with E-state index in [-0.39, 0.29) is 23.4 Å². The first-order chi connectivity index (χ1) is 13.9. The van der Waals surface area contributed by atoms with E-state index < -0.39 is 0 Å². The Bertz CT molecular complexity index is 1000. The van der Waals surface area contributed by atoms with Crippen molar-refractivity contribution in [2.75, 3.05) is 19.4 Å². The highest BCUT2D eigenvalue weighted by atomic mass is 32.2. The zero-order valence-corrected chi connectivity index (χ0v) is 16.8. The summed E-state index contributed by atoms with van der Waals surface area (Å²) in [5.41, 5.74) is 1.29. The van der Waals surface area contributed by atoms with Gasteiger partial charge in [0.15, 0.2) is 11.7 Å². The lowest BCUT2D eigenvalue weighted by atomic mass is 10.2. The fourth-order valence-corrected chi connectivity index (χ4v) is 3.20. The highest BCUT2D eigenvalue weighted by molar-refractivity contribution is 8.13. The third-order valence-electron chi connectivity index (χ3n) is 3.97. The van der Waals surface area contributed by atoms with E-state index in [0.717, 1.165) is 11.8 Å². The standard InChI is InChI=1S/C21H20FN3O3S/c1-25(2)21(27)29-18-6-4-3-5-16(18)24-19(26)11-12-20-23-13-17(28-20)14-7-9-15(22)10-8-14/h3-10,13H,11-12H2,1-2H3,(H,24,26). The van der Waals surface area contributed by atoms with E-state index >= 15 is 0 Å². The number of aromatic nitrogens is 1. The van der Waals surface area contributed by atoms with E-state index in [9.17, 15) is 14.0 Å². The molecule has 0 aliphatic carbocycles. The zero-order valence-electron chi connectivity index (χ0n) is 16.0. The van der Waals surface area contributed by atoms with Crippen LogP contribution < -0.4 is 5.32 Å². The summed E-state index contributed by atoms with van der Waals surface area (Å²) in [5.74, 6) is 0.405. The maximum atomic E-state index is 13.0. The number of amides is 2. The van der Waals surface area contributed by atoms with Gasteiger partial charge in [-0.25, -0.2) is 9.37 Å². The molecule has 1 aromatic heterocycles. The second-order valence-corrected chi connectivity index (χ2v) is 7.43. The number of benzene rings is 2. The molecule has 0 saturated heterocycles. The maximum absolute atomic E-state index is 13.0. The molecule has 3 rings (SSSR count). The molecule has 0 bridgehead atoms. The van der Waals surface area contributed by atoms with Crippen molar-refractivity contribution in [2.24, 2.45) is 0 Å². The number of anilines is 1. The fourth-order valence-electron chi connectivity index (χ4n) is 2.45. The summed E-state index contributed by atoms with van der Waals surface area (Å²) in [7, 11) is 3.35. The summed E-state index contributed by atoms with van der Waals surface area (Å²) in [5, 5.41) is 2.70. The predicted molar refractivity (Wildman–Crippen MR) is 110 cm³/mol. The smallest absolute Gasteiger partial charge is 0.286 e. The first kappa shape index (κ1) is 20.6. The summed E-state index contributed by atoms with van der Waals surface area (Å²) < 4.78 is 18.7. The van der Waals surface area contributed by atoms with Crippen LogP contribution in [0.15, 0.2) is 64.0 Å². The molecule has 29 heavy (non-hydrogen) atoms. The van der Waals surface area contributed by atoms with Crippen LogP contribution in [-0.2, 0) is 11.2 Å². The maximum Gasteiger partial charge on any atom is 0.286 e. The highest BCUT2D eigenvalue weighted by Crippen LogP contribution is 2.29. The summed E-state index contributed by atoms with van der Waals surface area (Å²) >= 11 is 1.05. The minimum Gasteiger partial charge on any atom is -0.441 e. The lowest BCUT2D eigenvalue weighted by Gasteiger charge is -2.13. The zero-order chi connectivity index (χ0) is 20.8. The first-order valence-corrected chi connectivity index (χ1v) is 9.72.